The van der Waals surface area contributed by atoms with Crippen molar-refractivity contribution < 1.29 is 9.59 Å². The van der Waals surface area contributed by atoms with Gasteiger partial charge in [-0.3, -0.25) is 9.59 Å². The van der Waals surface area contributed by atoms with Crippen molar-refractivity contribution in [3.63, 3.8) is 0 Å². The Morgan fingerprint density at radius 1 is 1.10 bits per heavy atom. The third-order valence-electron chi connectivity index (χ3n) is 5.13. The summed E-state index contributed by atoms with van der Waals surface area (Å²) in [6, 6.07) is 7.85. The van der Waals surface area contributed by atoms with Gasteiger partial charge in [-0.25, -0.2) is 0 Å². The van der Waals surface area contributed by atoms with Crippen molar-refractivity contribution in [2.24, 2.45) is 5.92 Å². The number of amides is 2. The minimum Gasteiger partial charge on any atom is -0.342 e. The summed E-state index contributed by atoms with van der Waals surface area (Å²) in [5, 5.41) is 2.92. The summed E-state index contributed by atoms with van der Waals surface area (Å²) < 4.78 is 0. The Kier molecular flexibility index (Phi) is 2.81. The maximum Gasteiger partial charge on any atom is 0.246 e. The van der Waals surface area contributed by atoms with Crippen molar-refractivity contribution in [2.75, 3.05) is 0 Å². The van der Waals surface area contributed by atoms with Gasteiger partial charge in [0.15, 0.2) is 0 Å². The van der Waals surface area contributed by atoms with Gasteiger partial charge >= 0.3 is 0 Å². The lowest BCUT2D eigenvalue weighted by molar-refractivity contribution is -0.151. The average Bonchev–Trinajstić information content (AvgIpc) is 3.22. The number of carbonyl (C=O) groups excluding carboxylic acids is 2. The number of hydrogen-bond acceptors (Lipinski definition) is 2. The summed E-state index contributed by atoms with van der Waals surface area (Å²) in [4.78, 5) is 26.9. The molecule has 0 radical (unpaired) electrons. The highest BCUT2D eigenvalue weighted by atomic mass is 16.2. The molecule has 4 nitrogen and oxygen atoms in total. The Morgan fingerprint density at radius 2 is 1.71 bits per heavy atom. The second kappa shape index (κ2) is 4.58. The second-order valence-electron chi connectivity index (χ2n) is 6.58. The fourth-order valence-electron chi connectivity index (χ4n) is 3.79. The van der Waals surface area contributed by atoms with Crippen LogP contribution in [0, 0.1) is 5.92 Å². The fraction of sp³-hybridized carbons (Fsp3) is 0.529. The fourth-order valence-corrected chi connectivity index (χ4v) is 3.79. The van der Waals surface area contributed by atoms with Crippen LogP contribution in [-0.2, 0) is 22.4 Å². The van der Waals surface area contributed by atoms with E-state index in [0.29, 0.717) is 5.92 Å². The SMILES string of the molecule is CC1C(=O)NC(C2CC2)C(=O)N1C1Cc2ccccc2C1. The molecule has 0 spiro atoms. The van der Waals surface area contributed by atoms with E-state index in [9.17, 15) is 9.59 Å². The van der Waals surface area contributed by atoms with Crippen LogP contribution in [0.1, 0.15) is 30.9 Å². The summed E-state index contributed by atoms with van der Waals surface area (Å²) in [5.74, 6) is 0.491. The third-order valence-corrected chi connectivity index (χ3v) is 5.13. The molecule has 2 amide bonds. The van der Waals surface area contributed by atoms with Gasteiger partial charge in [-0.2, -0.15) is 0 Å². The predicted molar refractivity (Wildman–Crippen MR) is 78.6 cm³/mol. The molecule has 1 heterocycles. The van der Waals surface area contributed by atoms with E-state index in [-0.39, 0.29) is 29.9 Å². The molecular weight excluding hydrogens is 264 g/mol. The molecule has 1 saturated heterocycles. The highest BCUT2D eigenvalue weighted by Gasteiger charge is 2.48. The molecule has 4 heteroatoms. The lowest BCUT2D eigenvalue weighted by Crippen LogP contribution is -2.65. The van der Waals surface area contributed by atoms with Gasteiger partial charge in [0.05, 0.1) is 0 Å². The molecule has 1 N–H and O–H groups in total. The molecule has 4 rings (SSSR count). The molecule has 21 heavy (non-hydrogen) atoms. The van der Waals surface area contributed by atoms with Crippen molar-refractivity contribution in [3.8, 4) is 0 Å². The smallest absolute Gasteiger partial charge is 0.246 e. The maximum atomic E-state index is 12.8. The van der Waals surface area contributed by atoms with Crippen LogP contribution in [0.3, 0.4) is 0 Å². The van der Waals surface area contributed by atoms with E-state index in [1.54, 1.807) is 0 Å². The van der Waals surface area contributed by atoms with E-state index in [1.807, 2.05) is 24.0 Å². The monoisotopic (exact) mass is 284 g/mol. The van der Waals surface area contributed by atoms with Crippen LogP contribution in [0.5, 0.6) is 0 Å². The van der Waals surface area contributed by atoms with Crippen molar-refractivity contribution >= 4 is 11.8 Å². The molecule has 2 unspecified atom stereocenters. The van der Waals surface area contributed by atoms with Crippen LogP contribution in [0.2, 0.25) is 0 Å². The van der Waals surface area contributed by atoms with Crippen molar-refractivity contribution in [1.82, 2.24) is 10.2 Å². The molecule has 3 aliphatic rings. The summed E-state index contributed by atoms with van der Waals surface area (Å²) in [5.41, 5.74) is 2.63. The molecule has 1 aromatic carbocycles. The first-order chi connectivity index (χ1) is 10.1. The van der Waals surface area contributed by atoms with Crippen LogP contribution in [0.4, 0.5) is 0 Å². The van der Waals surface area contributed by atoms with Gasteiger partial charge in [-0.15, -0.1) is 0 Å². The molecule has 1 saturated carbocycles. The quantitative estimate of drug-likeness (QED) is 0.889. The Hall–Kier alpha value is -1.84. The number of carbonyl (C=O) groups is 2. The average molecular weight is 284 g/mol. The first kappa shape index (κ1) is 12.9. The van der Waals surface area contributed by atoms with Crippen molar-refractivity contribution in [2.45, 2.75) is 50.7 Å². The number of hydrogen-bond donors (Lipinski definition) is 1. The third kappa shape index (κ3) is 2.04. The summed E-state index contributed by atoms with van der Waals surface area (Å²) in [6.07, 6.45) is 3.86. The standard InChI is InChI=1S/C17H20N2O2/c1-10-16(20)18-15(11-6-7-11)17(21)19(10)14-8-12-4-2-3-5-13(12)9-14/h2-5,10-11,14-15H,6-9H2,1H3,(H,18,20). The lowest BCUT2D eigenvalue weighted by Gasteiger charge is -2.41. The van der Waals surface area contributed by atoms with E-state index in [2.05, 4.69) is 17.4 Å². The summed E-state index contributed by atoms with van der Waals surface area (Å²) in [6.45, 7) is 1.85. The van der Waals surface area contributed by atoms with Crippen LogP contribution >= 0.6 is 0 Å². The van der Waals surface area contributed by atoms with Gasteiger partial charge in [-0.05, 0) is 49.7 Å². The van der Waals surface area contributed by atoms with Gasteiger partial charge < -0.3 is 10.2 Å². The molecule has 0 aromatic heterocycles. The minimum atomic E-state index is -0.355. The molecule has 110 valence electrons. The van der Waals surface area contributed by atoms with Crippen LogP contribution in [-0.4, -0.2) is 34.8 Å². The number of piperazine rings is 1. The first-order valence-electron chi connectivity index (χ1n) is 7.84. The topological polar surface area (TPSA) is 49.4 Å². The van der Waals surface area contributed by atoms with E-state index < -0.39 is 0 Å². The largest absolute Gasteiger partial charge is 0.342 e. The van der Waals surface area contributed by atoms with E-state index in [1.165, 1.54) is 11.1 Å². The van der Waals surface area contributed by atoms with Crippen molar-refractivity contribution in [3.05, 3.63) is 35.4 Å². The maximum absolute atomic E-state index is 12.8. The number of benzene rings is 1. The molecule has 2 fully saturated rings. The molecule has 0 bridgehead atoms. The highest BCUT2D eigenvalue weighted by Crippen LogP contribution is 2.36. The zero-order valence-electron chi connectivity index (χ0n) is 12.2. The molecule has 1 aromatic rings. The molecular formula is C17H20N2O2. The van der Waals surface area contributed by atoms with Crippen LogP contribution in [0.25, 0.3) is 0 Å². The Balaban J connectivity index is 1.61. The zero-order valence-corrected chi connectivity index (χ0v) is 12.2. The van der Waals surface area contributed by atoms with Gasteiger partial charge in [0, 0.05) is 6.04 Å². The zero-order chi connectivity index (χ0) is 14.6. The summed E-state index contributed by atoms with van der Waals surface area (Å²) in [7, 11) is 0. The number of nitrogens with one attached hydrogen (secondary N) is 1. The Morgan fingerprint density at radius 3 is 2.29 bits per heavy atom. The van der Waals surface area contributed by atoms with Gasteiger partial charge in [0.1, 0.15) is 12.1 Å². The van der Waals surface area contributed by atoms with Gasteiger partial charge in [-0.1, -0.05) is 24.3 Å². The van der Waals surface area contributed by atoms with E-state index in [4.69, 9.17) is 0 Å². The number of nitrogens with zero attached hydrogens (tertiary/aromatic N) is 1. The van der Waals surface area contributed by atoms with E-state index >= 15 is 0 Å². The van der Waals surface area contributed by atoms with E-state index in [0.717, 1.165) is 25.7 Å². The minimum absolute atomic E-state index is 0.00227. The second-order valence-corrected chi connectivity index (χ2v) is 6.58. The molecule has 2 atom stereocenters. The summed E-state index contributed by atoms with van der Waals surface area (Å²) >= 11 is 0. The molecule has 2 aliphatic carbocycles. The normalized spacial score (nSPS) is 29.5. The highest BCUT2D eigenvalue weighted by molar-refractivity contribution is 5.97. The van der Waals surface area contributed by atoms with Gasteiger partial charge in [0.2, 0.25) is 11.8 Å². The first-order valence-corrected chi connectivity index (χ1v) is 7.84. The van der Waals surface area contributed by atoms with Crippen molar-refractivity contribution in [1.29, 1.82) is 0 Å². The Labute approximate surface area is 124 Å². The predicted octanol–water partition coefficient (Wildman–Crippen LogP) is 1.28. The van der Waals surface area contributed by atoms with Crippen LogP contribution in [0.15, 0.2) is 24.3 Å². The number of fused-ring (bicyclic) bond motifs is 1. The van der Waals surface area contributed by atoms with Gasteiger partial charge in [0.25, 0.3) is 0 Å². The Bertz CT molecular complexity index is 584. The molecule has 1 aliphatic heterocycles. The van der Waals surface area contributed by atoms with Crippen LogP contribution < -0.4 is 5.32 Å². The number of rotatable bonds is 2. The lowest BCUT2D eigenvalue weighted by atomic mass is 10.0.